The quantitative estimate of drug-likeness (QED) is 0.623. The van der Waals surface area contributed by atoms with Gasteiger partial charge in [0.25, 0.3) is 11.8 Å². The smallest absolute Gasteiger partial charge is 0.308 e. The van der Waals surface area contributed by atoms with Gasteiger partial charge in [-0.05, 0) is 43.9 Å². The van der Waals surface area contributed by atoms with E-state index in [1.165, 1.54) is 6.42 Å². The van der Waals surface area contributed by atoms with Crippen LogP contribution in [0.25, 0.3) is 0 Å². The molecule has 0 saturated heterocycles. The van der Waals surface area contributed by atoms with Gasteiger partial charge in [-0.15, -0.1) is 0 Å². The summed E-state index contributed by atoms with van der Waals surface area (Å²) < 4.78 is 5.13. The molecule has 2 aromatic rings. The Hall–Kier alpha value is -3.15. The van der Waals surface area contributed by atoms with E-state index in [4.69, 9.17) is 4.74 Å². The van der Waals surface area contributed by atoms with Crippen molar-refractivity contribution in [1.82, 2.24) is 10.2 Å². The van der Waals surface area contributed by atoms with E-state index in [-0.39, 0.29) is 36.9 Å². The van der Waals surface area contributed by atoms with E-state index >= 15 is 0 Å². The zero-order valence-corrected chi connectivity index (χ0v) is 19.4. The highest BCUT2D eigenvalue weighted by molar-refractivity contribution is 6.09. The van der Waals surface area contributed by atoms with Gasteiger partial charge in [-0.3, -0.25) is 14.4 Å². The Morgan fingerprint density at radius 1 is 1.09 bits per heavy atom. The van der Waals surface area contributed by atoms with Crippen LogP contribution < -0.4 is 5.32 Å². The average molecular weight is 449 g/mol. The second kappa shape index (κ2) is 10.2. The number of rotatable bonds is 7. The Kier molecular flexibility index (Phi) is 7.11. The second-order valence-corrected chi connectivity index (χ2v) is 9.01. The lowest BCUT2D eigenvalue weighted by Crippen LogP contribution is -2.37. The maximum absolute atomic E-state index is 13.4. The van der Waals surface area contributed by atoms with E-state index in [2.05, 4.69) is 5.32 Å². The van der Waals surface area contributed by atoms with Gasteiger partial charge in [0, 0.05) is 12.6 Å². The van der Waals surface area contributed by atoms with Crippen molar-refractivity contribution in [3.63, 3.8) is 0 Å². The number of amides is 2. The number of hydrogen-bond donors (Lipinski definition) is 1. The first-order valence-electron chi connectivity index (χ1n) is 11.9. The van der Waals surface area contributed by atoms with Gasteiger partial charge in [-0.25, -0.2) is 0 Å². The number of carbonyl (C=O) groups is 3. The highest BCUT2D eigenvalue weighted by Crippen LogP contribution is 2.33. The molecule has 1 N–H and O–H groups in total. The van der Waals surface area contributed by atoms with Gasteiger partial charge >= 0.3 is 5.97 Å². The monoisotopic (exact) mass is 448 g/mol. The lowest BCUT2D eigenvalue weighted by Gasteiger charge is -2.31. The van der Waals surface area contributed by atoms with Gasteiger partial charge in [0.1, 0.15) is 0 Å². The summed E-state index contributed by atoms with van der Waals surface area (Å²) in [6, 6.07) is 12.9. The minimum absolute atomic E-state index is 0.0276. The zero-order chi connectivity index (χ0) is 23.4. The molecule has 0 spiro atoms. The van der Waals surface area contributed by atoms with Crippen LogP contribution in [-0.2, 0) is 16.1 Å². The van der Waals surface area contributed by atoms with Crippen molar-refractivity contribution in [2.24, 2.45) is 0 Å². The number of nitrogens with one attached hydrogen (secondary N) is 1. The number of benzene rings is 2. The molecule has 0 bridgehead atoms. The first-order valence-corrected chi connectivity index (χ1v) is 11.9. The van der Waals surface area contributed by atoms with Crippen molar-refractivity contribution in [2.45, 2.75) is 71.0 Å². The van der Waals surface area contributed by atoms with Crippen LogP contribution in [0.5, 0.6) is 0 Å². The molecule has 1 aliphatic heterocycles. The van der Waals surface area contributed by atoms with Crippen molar-refractivity contribution in [2.75, 3.05) is 6.61 Å². The van der Waals surface area contributed by atoms with E-state index in [9.17, 15) is 14.4 Å². The van der Waals surface area contributed by atoms with Crippen molar-refractivity contribution >= 4 is 17.8 Å². The van der Waals surface area contributed by atoms with Crippen LogP contribution in [0.4, 0.5) is 0 Å². The van der Waals surface area contributed by atoms with Gasteiger partial charge < -0.3 is 15.0 Å². The molecule has 2 aliphatic rings. The molecule has 1 atom stereocenters. The summed E-state index contributed by atoms with van der Waals surface area (Å²) in [6.45, 7) is 4.59. The predicted octanol–water partition coefficient (Wildman–Crippen LogP) is 4.71. The second-order valence-electron chi connectivity index (χ2n) is 9.01. The van der Waals surface area contributed by atoms with Crippen LogP contribution in [-0.4, -0.2) is 35.3 Å². The molecule has 2 amide bonds. The first-order chi connectivity index (χ1) is 16.0. The molecular weight excluding hydrogens is 416 g/mol. The lowest BCUT2D eigenvalue weighted by atomic mass is 9.94. The van der Waals surface area contributed by atoms with E-state index in [1.54, 1.807) is 13.0 Å². The summed E-state index contributed by atoms with van der Waals surface area (Å²) >= 11 is 0. The van der Waals surface area contributed by atoms with E-state index in [0.717, 1.165) is 42.4 Å². The van der Waals surface area contributed by atoms with Crippen molar-refractivity contribution in [3.8, 4) is 0 Å². The minimum Gasteiger partial charge on any atom is -0.466 e. The Labute approximate surface area is 195 Å². The molecule has 4 rings (SSSR count). The van der Waals surface area contributed by atoms with E-state index in [0.29, 0.717) is 17.7 Å². The number of ether oxygens (including phenoxy) is 1. The van der Waals surface area contributed by atoms with Gasteiger partial charge in [0.05, 0.1) is 30.2 Å². The summed E-state index contributed by atoms with van der Waals surface area (Å²) in [5.74, 6) is -0.776. The highest BCUT2D eigenvalue weighted by atomic mass is 16.5. The van der Waals surface area contributed by atoms with Crippen LogP contribution in [0, 0.1) is 6.92 Å². The molecule has 6 nitrogen and oxygen atoms in total. The largest absolute Gasteiger partial charge is 0.466 e. The fourth-order valence-electron chi connectivity index (χ4n) is 4.93. The van der Waals surface area contributed by atoms with Crippen LogP contribution >= 0.6 is 0 Å². The number of carbonyl (C=O) groups excluding carboxylic acids is 3. The van der Waals surface area contributed by atoms with Crippen LogP contribution in [0.2, 0.25) is 0 Å². The van der Waals surface area contributed by atoms with Gasteiger partial charge in [0.15, 0.2) is 0 Å². The molecule has 1 saturated carbocycles. The molecule has 1 fully saturated rings. The Morgan fingerprint density at radius 2 is 1.82 bits per heavy atom. The number of nitrogens with zero attached hydrogens (tertiary/aromatic N) is 1. The third-order valence-corrected chi connectivity index (χ3v) is 6.69. The molecule has 1 unspecified atom stereocenters. The third-order valence-electron chi connectivity index (χ3n) is 6.69. The van der Waals surface area contributed by atoms with Gasteiger partial charge in [-0.1, -0.05) is 61.2 Å². The van der Waals surface area contributed by atoms with Crippen LogP contribution in [0.1, 0.15) is 88.9 Å². The van der Waals surface area contributed by atoms with Crippen molar-refractivity contribution in [3.05, 3.63) is 70.3 Å². The topological polar surface area (TPSA) is 75.7 Å². The fraction of sp³-hybridized carbons (Fsp3) is 0.444. The van der Waals surface area contributed by atoms with Crippen LogP contribution in [0.15, 0.2) is 42.5 Å². The molecule has 2 aromatic carbocycles. The van der Waals surface area contributed by atoms with Gasteiger partial charge in [0.2, 0.25) is 0 Å². The number of hydrogen-bond acceptors (Lipinski definition) is 4. The first kappa shape index (κ1) is 23.0. The predicted molar refractivity (Wildman–Crippen MR) is 126 cm³/mol. The molecule has 1 aliphatic carbocycles. The Balaban J connectivity index is 1.57. The molecular formula is C27H32N2O4. The molecule has 0 radical (unpaired) electrons. The molecule has 174 valence electrons. The summed E-state index contributed by atoms with van der Waals surface area (Å²) in [6.07, 6.45) is 5.58. The third kappa shape index (κ3) is 5.10. The van der Waals surface area contributed by atoms with E-state index in [1.807, 2.05) is 48.2 Å². The lowest BCUT2D eigenvalue weighted by molar-refractivity contribution is -0.143. The van der Waals surface area contributed by atoms with Crippen molar-refractivity contribution < 1.29 is 19.1 Å². The average Bonchev–Trinajstić information content (AvgIpc) is 3.16. The maximum Gasteiger partial charge on any atom is 0.308 e. The van der Waals surface area contributed by atoms with E-state index < -0.39 is 6.04 Å². The Morgan fingerprint density at radius 3 is 2.52 bits per heavy atom. The Bertz CT molecular complexity index is 1020. The van der Waals surface area contributed by atoms with Gasteiger partial charge in [-0.2, -0.15) is 0 Å². The maximum atomic E-state index is 13.4. The SMILES string of the molecule is CCOC(=O)CC(NC(=O)c1cccc2c1C(=O)N(C1CCCCC1)C2)c1ccc(C)cc1. The normalized spacial score (nSPS) is 16.9. The number of fused-ring (bicyclic) bond motifs is 1. The molecule has 6 heteroatoms. The zero-order valence-electron chi connectivity index (χ0n) is 19.4. The van der Waals surface area contributed by atoms with Crippen molar-refractivity contribution in [1.29, 1.82) is 0 Å². The highest BCUT2D eigenvalue weighted by Gasteiger charge is 2.36. The number of esters is 1. The molecule has 0 aromatic heterocycles. The summed E-state index contributed by atoms with van der Waals surface area (Å²) in [5.41, 5.74) is 3.69. The summed E-state index contributed by atoms with van der Waals surface area (Å²) in [4.78, 5) is 40.9. The summed E-state index contributed by atoms with van der Waals surface area (Å²) in [5, 5.41) is 2.99. The summed E-state index contributed by atoms with van der Waals surface area (Å²) in [7, 11) is 0. The fourth-order valence-corrected chi connectivity index (χ4v) is 4.93. The molecule has 33 heavy (non-hydrogen) atoms. The minimum atomic E-state index is -0.543. The number of aryl methyl sites for hydroxylation is 1. The molecule has 1 heterocycles. The van der Waals surface area contributed by atoms with Crippen LogP contribution in [0.3, 0.4) is 0 Å². The standard InChI is InChI=1S/C27H32N2O4/c1-3-33-24(30)16-23(19-14-12-18(2)13-15-19)28-26(31)22-11-7-8-20-17-29(27(32)25(20)22)21-9-5-4-6-10-21/h7-8,11-15,21,23H,3-6,9-10,16-17H2,1-2H3,(H,28,31).